The number of amides is 1. The van der Waals surface area contributed by atoms with Crippen molar-refractivity contribution in [2.75, 3.05) is 6.54 Å². The van der Waals surface area contributed by atoms with E-state index in [0.717, 1.165) is 12.2 Å². The van der Waals surface area contributed by atoms with Crippen LogP contribution in [-0.4, -0.2) is 17.7 Å². The van der Waals surface area contributed by atoms with Crippen LogP contribution in [0.2, 0.25) is 0 Å². The Morgan fingerprint density at radius 3 is 2.87 bits per heavy atom. The largest absolute Gasteiger partial charge is 0.469 e. The van der Waals surface area contributed by atoms with Crippen molar-refractivity contribution < 1.29 is 9.21 Å². The van der Waals surface area contributed by atoms with Gasteiger partial charge < -0.3 is 9.73 Å². The number of carbonyl (C=O) groups excluding carboxylic acids is 1. The van der Waals surface area contributed by atoms with Gasteiger partial charge in [0.2, 0.25) is 5.91 Å². The molecule has 0 spiro atoms. The third-order valence-electron chi connectivity index (χ3n) is 2.15. The molecule has 1 unspecified atom stereocenters. The van der Waals surface area contributed by atoms with Crippen molar-refractivity contribution >= 4 is 18.5 Å². The predicted molar refractivity (Wildman–Crippen MR) is 63.0 cm³/mol. The fourth-order valence-electron chi connectivity index (χ4n) is 1.17. The monoisotopic (exact) mass is 227 g/mol. The Morgan fingerprint density at radius 1 is 1.60 bits per heavy atom. The minimum atomic E-state index is -0.235. The Hall–Kier alpha value is -0.900. The average Bonchev–Trinajstić information content (AvgIpc) is 2.69. The highest BCUT2D eigenvalue weighted by atomic mass is 32.1. The topological polar surface area (TPSA) is 42.2 Å². The van der Waals surface area contributed by atoms with Crippen LogP contribution in [0.3, 0.4) is 0 Å². The summed E-state index contributed by atoms with van der Waals surface area (Å²) in [6.07, 6.45) is 2.35. The summed E-state index contributed by atoms with van der Waals surface area (Å²) in [6.45, 7) is 4.55. The maximum absolute atomic E-state index is 11.5. The normalized spacial score (nSPS) is 12.8. The summed E-state index contributed by atoms with van der Waals surface area (Å²) in [6, 6.07) is 3.74. The van der Waals surface area contributed by atoms with E-state index in [9.17, 15) is 4.79 Å². The molecule has 0 radical (unpaired) electrons. The van der Waals surface area contributed by atoms with E-state index in [1.54, 1.807) is 6.26 Å². The first-order valence-corrected chi connectivity index (χ1v) is 5.61. The van der Waals surface area contributed by atoms with Gasteiger partial charge in [-0.1, -0.05) is 13.8 Å². The minimum absolute atomic E-state index is 0.0140. The number of rotatable bonds is 5. The molecule has 4 heteroatoms. The number of hydrogen-bond donors (Lipinski definition) is 2. The van der Waals surface area contributed by atoms with Crippen LogP contribution >= 0.6 is 12.6 Å². The van der Waals surface area contributed by atoms with Crippen molar-refractivity contribution in [2.45, 2.75) is 25.5 Å². The maximum atomic E-state index is 11.5. The lowest BCUT2D eigenvalue weighted by molar-refractivity contribution is -0.121. The van der Waals surface area contributed by atoms with E-state index in [0.29, 0.717) is 6.54 Å². The zero-order chi connectivity index (χ0) is 11.3. The molecule has 3 nitrogen and oxygen atoms in total. The van der Waals surface area contributed by atoms with Crippen LogP contribution in [0.15, 0.2) is 22.8 Å². The molecule has 0 aromatic carbocycles. The van der Waals surface area contributed by atoms with Gasteiger partial charge in [-0.25, -0.2) is 0 Å². The zero-order valence-electron chi connectivity index (χ0n) is 9.06. The molecule has 15 heavy (non-hydrogen) atoms. The SMILES string of the molecule is CC(C)C(S)C(=O)NCCc1ccco1. The minimum Gasteiger partial charge on any atom is -0.469 e. The zero-order valence-corrected chi connectivity index (χ0v) is 9.96. The van der Waals surface area contributed by atoms with E-state index in [2.05, 4.69) is 17.9 Å². The Balaban J connectivity index is 2.23. The van der Waals surface area contributed by atoms with Gasteiger partial charge in [0.15, 0.2) is 0 Å². The van der Waals surface area contributed by atoms with Gasteiger partial charge in [-0.2, -0.15) is 12.6 Å². The fourth-order valence-corrected chi connectivity index (χ4v) is 1.26. The lowest BCUT2D eigenvalue weighted by Gasteiger charge is -2.13. The first-order valence-electron chi connectivity index (χ1n) is 5.09. The van der Waals surface area contributed by atoms with Crippen molar-refractivity contribution in [1.82, 2.24) is 5.32 Å². The molecule has 84 valence electrons. The quantitative estimate of drug-likeness (QED) is 0.754. The molecule has 0 aliphatic rings. The summed E-state index contributed by atoms with van der Waals surface area (Å²) in [5.74, 6) is 1.12. The number of hydrogen-bond acceptors (Lipinski definition) is 3. The van der Waals surface area contributed by atoms with Gasteiger partial charge >= 0.3 is 0 Å². The lowest BCUT2D eigenvalue weighted by Crippen LogP contribution is -2.35. The first kappa shape index (κ1) is 12.2. The van der Waals surface area contributed by atoms with Crippen LogP contribution in [-0.2, 0) is 11.2 Å². The Bertz CT molecular complexity index is 296. The number of thiol groups is 1. The molecule has 1 atom stereocenters. The summed E-state index contributed by atoms with van der Waals surface area (Å²) in [7, 11) is 0. The van der Waals surface area contributed by atoms with Crippen molar-refractivity contribution in [3.63, 3.8) is 0 Å². The molecule has 0 aliphatic carbocycles. The van der Waals surface area contributed by atoms with Gasteiger partial charge in [-0.05, 0) is 18.1 Å². The Morgan fingerprint density at radius 2 is 2.33 bits per heavy atom. The van der Waals surface area contributed by atoms with Gasteiger partial charge in [0.1, 0.15) is 5.76 Å². The van der Waals surface area contributed by atoms with Crippen molar-refractivity contribution in [2.24, 2.45) is 5.92 Å². The molecule has 1 amide bonds. The molecule has 1 rings (SSSR count). The van der Waals surface area contributed by atoms with Crippen molar-refractivity contribution in [3.05, 3.63) is 24.2 Å². The third-order valence-corrected chi connectivity index (χ3v) is 2.98. The van der Waals surface area contributed by atoms with Gasteiger partial charge in [0.25, 0.3) is 0 Å². The van der Waals surface area contributed by atoms with Gasteiger partial charge in [0.05, 0.1) is 11.5 Å². The Kier molecular flexibility index (Phi) is 4.75. The second kappa shape index (κ2) is 5.85. The summed E-state index contributed by atoms with van der Waals surface area (Å²) >= 11 is 4.23. The van der Waals surface area contributed by atoms with Gasteiger partial charge in [0, 0.05) is 13.0 Å². The highest BCUT2D eigenvalue weighted by Gasteiger charge is 2.16. The first-order chi connectivity index (χ1) is 7.11. The third kappa shape index (κ3) is 4.00. The van der Waals surface area contributed by atoms with Crippen LogP contribution in [0, 0.1) is 5.92 Å². The van der Waals surface area contributed by atoms with Crippen molar-refractivity contribution in [3.8, 4) is 0 Å². The molecule has 1 N–H and O–H groups in total. The molecule has 1 heterocycles. The molecular formula is C11H17NO2S. The average molecular weight is 227 g/mol. The second-order valence-electron chi connectivity index (χ2n) is 3.81. The van der Waals surface area contributed by atoms with Gasteiger partial charge in [-0.3, -0.25) is 4.79 Å². The molecule has 0 fully saturated rings. The smallest absolute Gasteiger partial charge is 0.233 e. The lowest BCUT2D eigenvalue weighted by atomic mass is 10.1. The molecule has 1 aromatic rings. The van der Waals surface area contributed by atoms with Crippen molar-refractivity contribution in [1.29, 1.82) is 0 Å². The van der Waals surface area contributed by atoms with Crippen LogP contribution in [0.25, 0.3) is 0 Å². The molecule has 0 bridgehead atoms. The second-order valence-corrected chi connectivity index (χ2v) is 4.37. The summed E-state index contributed by atoms with van der Waals surface area (Å²) in [4.78, 5) is 11.5. The van der Waals surface area contributed by atoms with E-state index >= 15 is 0 Å². The number of nitrogens with one attached hydrogen (secondary N) is 1. The summed E-state index contributed by atoms with van der Waals surface area (Å²) < 4.78 is 5.15. The van der Waals surface area contributed by atoms with Crippen LogP contribution in [0.4, 0.5) is 0 Å². The van der Waals surface area contributed by atoms with E-state index in [1.807, 2.05) is 26.0 Å². The number of furan rings is 1. The standard InChI is InChI=1S/C11H17NO2S/c1-8(2)10(15)11(13)12-6-5-9-4-3-7-14-9/h3-4,7-8,10,15H,5-6H2,1-2H3,(H,12,13). The highest BCUT2D eigenvalue weighted by molar-refractivity contribution is 7.81. The maximum Gasteiger partial charge on any atom is 0.233 e. The van der Waals surface area contributed by atoms with E-state index in [-0.39, 0.29) is 17.1 Å². The van der Waals surface area contributed by atoms with Crippen LogP contribution in [0.1, 0.15) is 19.6 Å². The molecule has 0 aliphatic heterocycles. The summed E-state index contributed by atoms with van der Waals surface area (Å²) in [5.41, 5.74) is 0. The summed E-state index contributed by atoms with van der Waals surface area (Å²) in [5, 5.41) is 2.59. The molecular weight excluding hydrogens is 210 g/mol. The van der Waals surface area contributed by atoms with Crippen LogP contribution < -0.4 is 5.32 Å². The predicted octanol–water partition coefficient (Wildman–Crippen LogP) is 1.89. The Labute approximate surface area is 95.6 Å². The van der Waals surface area contributed by atoms with E-state index in [4.69, 9.17) is 4.42 Å². The fraction of sp³-hybridized carbons (Fsp3) is 0.545. The van der Waals surface area contributed by atoms with E-state index < -0.39 is 0 Å². The molecule has 0 saturated carbocycles. The van der Waals surface area contributed by atoms with E-state index in [1.165, 1.54) is 0 Å². The molecule has 0 saturated heterocycles. The van der Waals surface area contributed by atoms with Gasteiger partial charge in [-0.15, -0.1) is 0 Å². The highest BCUT2D eigenvalue weighted by Crippen LogP contribution is 2.08. The van der Waals surface area contributed by atoms with Crippen LogP contribution in [0.5, 0.6) is 0 Å². The molecule has 1 aromatic heterocycles. The number of carbonyl (C=O) groups is 1.